The van der Waals surface area contributed by atoms with Crippen LogP contribution in [0.25, 0.3) is 0 Å². The number of allylic oxidation sites excluding steroid dienone is 2. The summed E-state index contributed by atoms with van der Waals surface area (Å²) in [7, 11) is 2.40. The van der Waals surface area contributed by atoms with Crippen LogP contribution in [0.3, 0.4) is 0 Å². The zero-order valence-electron chi connectivity index (χ0n) is 13.1. The molecule has 0 spiro atoms. The molecule has 124 valence electrons. The molecular formula is C15H22O7. The van der Waals surface area contributed by atoms with Gasteiger partial charge in [-0.2, -0.15) is 0 Å². The van der Waals surface area contributed by atoms with E-state index >= 15 is 0 Å². The summed E-state index contributed by atoms with van der Waals surface area (Å²) in [6, 6.07) is 0. The van der Waals surface area contributed by atoms with Crippen LogP contribution < -0.4 is 0 Å². The number of ether oxygens (including phenoxy) is 4. The Balaban J connectivity index is 4.22. The van der Waals surface area contributed by atoms with E-state index in [1.165, 1.54) is 14.2 Å². The highest BCUT2D eigenvalue weighted by atomic mass is 16.7. The Morgan fingerprint density at radius 2 is 1.64 bits per heavy atom. The number of rotatable bonds is 9. The van der Waals surface area contributed by atoms with Crippen molar-refractivity contribution in [1.82, 2.24) is 0 Å². The Morgan fingerprint density at radius 3 is 2.14 bits per heavy atom. The minimum absolute atomic E-state index is 0.0730. The fraction of sp³-hybridized carbons (Fsp3) is 0.533. The SMILES string of the molecule is C=C(C/C=C/COC(=O)OCC)CC(C(=O)OC)C(=O)OC. The molecule has 0 aromatic rings. The molecule has 0 unspecified atom stereocenters. The molecule has 0 fully saturated rings. The standard InChI is InChI=1S/C15H22O7/c1-5-21-15(18)22-9-7-6-8-11(2)10-12(13(16)19-3)14(17)20-4/h6-7,12H,2,5,8-10H2,1,3-4H3/b7-6+. The fourth-order valence-corrected chi connectivity index (χ4v) is 1.51. The Bertz CT molecular complexity index is 410. The van der Waals surface area contributed by atoms with Gasteiger partial charge in [0.1, 0.15) is 6.61 Å². The molecule has 0 amide bonds. The first-order chi connectivity index (χ1) is 10.5. The lowest BCUT2D eigenvalue weighted by Crippen LogP contribution is -2.26. The molecule has 0 saturated heterocycles. The third-order valence-corrected chi connectivity index (χ3v) is 2.60. The van der Waals surface area contributed by atoms with E-state index in [9.17, 15) is 14.4 Å². The first-order valence-corrected chi connectivity index (χ1v) is 6.73. The highest BCUT2D eigenvalue weighted by molar-refractivity contribution is 5.95. The van der Waals surface area contributed by atoms with Gasteiger partial charge in [0.25, 0.3) is 0 Å². The average Bonchev–Trinajstić information content (AvgIpc) is 2.51. The van der Waals surface area contributed by atoms with Crippen molar-refractivity contribution in [3.63, 3.8) is 0 Å². The van der Waals surface area contributed by atoms with Crippen molar-refractivity contribution in [2.24, 2.45) is 5.92 Å². The van der Waals surface area contributed by atoms with Crippen molar-refractivity contribution >= 4 is 18.1 Å². The second kappa shape index (κ2) is 11.4. The van der Waals surface area contributed by atoms with Crippen molar-refractivity contribution in [3.05, 3.63) is 24.3 Å². The summed E-state index contributed by atoms with van der Waals surface area (Å²) >= 11 is 0. The van der Waals surface area contributed by atoms with Gasteiger partial charge in [0.05, 0.1) is 20.8 Å². The molecule has 22 heavy (non-hydrogen) atoms. The van der Waals surface area contributed by atoms with Crippen LogP contribution in [0.4, 0.5) is 4.79 Å². The molecule has 0 N–H and O–H groups in total. The molecule has 0 aliphatic heterocycles. The van der Waals surface area contributed by atoms with E-state index in [0.717, 1.165) is 0 Å². The molecular weight excluding hydrogens is 292 g/mol. The molecule has 7 heteroatoms. The van der Waals surface area contributed by atoms with E-state index < -0.39 is 24.0 Å². The van der Waals surface area contributed by atoms with Crippen LogP contribution in [0.5, 0.6) is 0 Å². The first kappa shape index (κ1) is 19.7. The second-order valence-corrected chi connectivity index (χ2v) is 4.22. The molecule has 0 rings (SSSR count). The van der Waals surface area contributed by atoms with Gasteiger partial charge in [0.15, 0.2) is 5.92 Å². The minimum atomic E-state index is -1.02. The Labute approximate surface area is 129 Å². The van der Waals surface area contributed by atoms with Gasteiger partial charge in [-0.1, -0.05) is 24.3 Å². The van der Waals surface area contributed by atoms with Crippen LogP contribution >= 0.6 is 0 Å². The molecule has 0 heterocycles. The number of methoxy groups -OCH3 is 2. The molecule has 0 saturated carbocycles. The topological polar surface area (TPSA) is 88.1 Å². The van der Waals surface area contributed by atoms with Crippen LogP contribution in [0.2, 0.25) is 0 Å². The summed E-state index contributed by atoms with van der Waals surface area (Å²) in [4.78, 5) is 33.9. The quantitative estimate of drug-likeness (QED) is 0.278. The van der Waals surface area contributed by atoms with Gasteiger partial charge in [0, 0.05) is 0 Å². The normalized spacial score (nSPS) is 10.4. The zero-order chi connectivity index (χ0) is 17.0. The fourth-order valence-electron chi connectivity index (χ4n) is 1.51. The molecule has 0 aliphatic rings. The van der Waals surface area contributed by atoms with Crippen LogP contribution in [-0.2, 0) is 28.5 Å². The van der Waals surface area contributed by atoms with Crippen molar-refractivity contribution in [2.45, 2.75) is 19.8 Å². The van der Waals surface area contributed by atoms with Gasteiger partial charge in [0.2, 0.25) is 0 Å². The molecule has 7 nitrogen and oxygen atoms in total. The third kappa shape index (κ3) is 8.08. The number of esters is 2. The second-order valence-electron chi connectivity index (χ2n) is 4.22. The summed E-state index contributed by atoms with van der Waals surface area (Å²) in [5.41, 5.74) is 0.646. The number of hydrogen-bond donors (Lipinski definition) is 0. The minimum Gasteiger partial charge on any atom is -0.468 e. The molecule has 0 aromatic carbocycles. The number of carbonyl (C=O) groups excluding carboxylic acids is 3. The number of carbonyl (C=O) groups is 3. The lowest BCUT2D eigenvalue weighted by Gasteiger charge is -2.13. The van der Waals surface area contributed by atoms with Crippen LogP contribution in [-0.4, -0.2) is 45.5 Å². The first-order valence-electron chi connectivity index (χ1n) is 6.73. The predicted octanol–water partition coefficient (Wildman–Crippen LogP) is 2.01. The smallest absolute Gasteiger partial charge is 0.468 e. The van der Waals surface area contributed by atoms with E-state index in [0.29, 0.717) is 12.0 Å². The maximum absolute atomic E-state index is 11.5. The van der Waals surface area contributed by atoms with Crippen LogP contribution in [0.15, 0.2) is 24.3 Å². The van der Waals surface area contributed by atoms with E-state index in [-0.39, 0.29) is 19.6 Å². The Hall–Kier alpha value is -2.31. The average molecular weight is 314 g/mol. The van der Waals surface area contributed by atoms with E-state index in [2.05, 4.69) is 20.8 Å². The monoisotopic (exact) mass is 314 g/mol. The molecule has 0 aliphatic carbocycles. The summed E-state index contributed by atoms with van der Waals surface area (Å²) in [6.07, 6.45) is 3.15. The summed E-state index contributed by atoms with van der Waals surface area (Å²) in [6.45, 7) is 5.80. The van der Waals surface area contributed by atoms with Crippen molar-refractivity contribution < 1.29 is 33.3 Å². The van der Waals surface area contributed by atoms with Gasteiger partial charge in [-0.25, -0.2) is 4.79 Å². The van der Waals surface area contributed by atoms with Gasteiger partial charge in [-0.3, -0.25) is 9.59 Å². The predicted molar refractivity (Wildman–Crippen MR) is 78.0 cm³/mol. The van der Waals surface area contributed by atoms with Gasteiger partial charge in [-0.05, 0) is 19.8 Å². The van der Waals surface area contributed by atoms with E-state index in [1.54, 1.807) is 19.1 Å². The Kier molecular flexibility index (Phi) is 10.2. The summed E-state index contributed by atoms with van der Waals surface area (Å²) in [5, 5.41) is 0. The Morgan fingerprint density at radius 1 is 1.05 bits per heavy atom. The maximum atomic E-state index is 11.5. The van der Waals surface area contributed by atoms with Gasteiger partial charge >= 0.3 is 18.1 Å². The third-order valence-electron chi connectivity index (χ3n) is 2.60. The van der Waals surface area contributed by atoms with Gasteiger partial charge in [-0.15, -0.1) is 0 Å². The van der Waals surface area contributed by atoms with Gasteiger partial charge < -0.3 is 18.9 Å². The number of hydrogen-bond acceptors (Lipinski definition) is 7. The highest BCUT2D eigenvalue weighted by Gasteiger charge is 2.28. The highest BCUT2D eigenvalue weighted by Crippen LogP contribution is 2.16. The summed E-state index contributed by atoms with van der Waals surface area (Å²) < 4.78 is 18.4. The maximum Gasteiger partial charge on any atom is 0.508 e. The van der Waals surface area contributed by atoms with Crippen molar-refractivity contribution in [1.29, 1.82) is 0 Å². The van der Waals surface area contributed by atoms with E-state index in [1.807, 2.05) is 0 Å². The summed E-state index contributed by atoms with van der Waals surface area (Å²) in [5.74, 6) is -2.35. The van der Waals surface area contributed by atoms with Crippen molar-refractivity contribution in [2.75, 3.05) is 27.4 Å². The lowest BCUT2D eigenvalue weighted by molar-refractivity contribution is -0.158. The van der Waals surface area contributed by atoms with Crippen LogP contribution in [0.1, 0.15) is 19.8 Å². The van der Waals surface area contributed by atoms with Crippen LogP contribution in [0, 0.1) is 5.92 Å². The van der Waals surface area contributed by atoms with E-state index in [4.69, 9.17) is 4.74 Å². The molecule has 0 radical (unpaired) electrons. The molecule has 0 atom stereocenters. The van der Waals surface area contributed by atoms with Crippen molar-refractivity contribution in [3.8, 4) is 0 Å². The molecule has 0 bridgehead atoms. The lowest BCUT2D eigenvalue weighted by atomic mass is 9.98. The largest absolute Gasteiger partial charge is 0.508 e. The molecule has 0 aromatic heterocycles. The zero-order valence-corrected chi connectivity index (χ0v) is 13.1.